The number of hydrogen-bond acceptors (Lipinski definition) is 4. The first-order valence-corrected chi connectivity index (χ1v) is 9.70. The van der Waals surface area contributed by atoms with Gasteiger partial charge < -0.3 is 14.8 Å². The third kappa shape index (κ3) is 4.63. The van der Waals surface area contributed by atoms with Crippen LogP contribution in [-0.4, -0.2) is 17.2 Å². The Bertz CT molecular complexity index is 1080. The number of anilines is 1. The van der Waals surface area contributed by atoms with E-state index in [0.29, 0.717) is 21.7 Å². The summed E-state index contributed by atoms with van der Waals surface area (Å²) in [4.78, 5) is 16.4. The number of aromatic nitrogens is 1. The minimum Gasteiger partial charge on any atom is -0.395 e. The van der Waals surface area contributed by atoms with Gasteiger partial charge in [0, 0.05) is 23.4 Å². The quantitative estimate of drug-likeness (QED) is 0.482. The van der Waals surface area contributed by atoms with Gasteiger partial charge in [-0.2, -0.15) is 0 Å². The molecular weight excluding hydrogens is 437 g/mol. The lowest BCUT2D eigenvalue weighted by molar-refractivity contribution is -0.286. The third-order valence-electron chi connectivity index (χ3n) is 3.93. The Kier molecular flexibility index (Phi) is 6.43. The fourth-order valence-electron chi connectivity index (χ4n) is 2.65. The number of alkyl halides is 2. The van der Waals surface area contributed by atoms with Crippen molar-refractivity contribution in [3.8, 4) is 22.6 Å². The fourth-order valence-corrected chi connectivity index (χ4v) is 3.13. The highest BCUT2D eigenvalue weighted by molar-refractivity contribution is 6.34. The molecular formula is C21H16Cl2F2N2O3. The molecule has 4 rings (SSSR count). The van der Waals surface area contributed by atoms with Gasteiger partial charge in [0.05, 0.1) is 15.6 Å². The van der Waals surface area contributed by atoms with Crippen LogP contribution in [0.25, 0.3) is 11.1 Å². The standard InChI is InChI=1S/C19H10Cl2F2N2O3.C2H6/c20-13-4-2-1-3-11(13)18(26)25-17-6-5-10(9-24-17)12-7-15-16(8-14(12)21)28-19(22,23)27-15;1-2/h1-9H,(H,24,25,26);1-2H3. The predicted octanol–water partition coefficient (Wildman–Crippen LogP) is 6.66. The normalized spacial score (nSPS) is 13.3. The van der Waals surface area contributed by atoms with Gasteiger partial charge in [0.25, 0.3) is 5.91 Å². The molecule has 156 valence electrons. The number of amides is 1. The van der Waals surface area contributed by atoms with E-state index in [0.717, 1.165) is 0 Å². The Morgan fingerprint density at radius 2 is 1.67 bits per heavy atom. The number of fused-ring (bicyclic) bond motifs is 1. The molecule has 0 aliphatic carbocycles. The van der Waals surface area contributed by atoms with E-state index in [1.54, 1.807) is 36.4 Å². The smallest absolute Gasteiger partial charge is 0.395 e. The lowest BCUT2D eigenvalue weighted by Crippen LogP contribution is -2.25. The first kappa shape index (κ1) is 21.8. The Labute approximate surface area is 181 Å². The highest BCUT2D eigenvalue weighted by Crippen LogP contribution is 2.46. The fraction of sp³-hybridized carbons (Fsp3) is 0.143. The van der Waals surface area contributed by atoms with Crippen LogP contribution in [0, 0.1) is 0 Å². The molecule has 2 aromatic carbocycles. The van der Waals surface area contributed by atoms with Gasteiger partial charge in [-0.1, -0.05) is 49.2 Å². The van der Waals surface area contributed by atoms with Crippen LogP contribution in [-0.2, 0) is 0 Å². The summed E-state index contributed by atoms with van der Waals surface area (Å²) >= 11 is 12.2. The summed E-state index contributed by atoms with van der Waals surface area (Å²) in [5.74, 6) is -0.387. The molecule has 0 saturated carbocycles. The minimum absolute atomic E-state index is 0.125. The van der Waals surface area contributed by atoms with Crippen LogP contribution in [0.5, 0.6) is 11.5 Å². The van der Waals surface area contributed by atoms with E-state index in [-0.39, 0.29) is 22.3 Å². The number of nitrogens with one attached hydrogen (secondary N) is 1. The van der Waals surface area contributed by atoms with Gasteiger partial charge in [-0.05, 0) is 30.3 Å². The average molecular weight is 453 g/mol. The van der Waals surface area contributed by atoms with Gasteiger partial charge in [0.2, 0.25) is 0 Å². The molecule has 0 atom stereocenters. The Balaban J connectivity index is 0.00000124. The highest BCUT2D eigenvalue weighted by atomic mass is 35.5. The van der Waals surface area contributed by atoms with Gasteiger partial charge in [0.15, 0.2) is 11.5 Å². The summed E-state index contributed by atoms with van der Waals surface area (Å²) in [6, 6.07) is 12.4. The number of rotatable bonds is 3. The Morgan fingerprint density at radius 1 is 1.00 bits per heavy atom. The number of nitrogens with zero attached hydrogens (tertiary/aromatic N) is 1. The summed E-state index contributed by atoms with van der Waals surface area (Å²) in [5, 5.41) is 3.14. The lowest BCUT2D eigenvalue weighted by Gasteiger charge is -2.08. The number of benzene rings is 2. The molecule has 30 heavy (non-hydrogen) atoms. The van der Waals surface area contributed by atoms with E-state index in [2.05, 4.69) is 19.8 Å². The Hall–Kier alpha value is -2.90. The summed E-state index contributed by atoms with van der Waals surface area (Å²) in [6.07, 6.45) is -2.28. The van der Waals surface area contributed by atoms with Crippen LogP contribution in [0.1, 0.15) is 24.2 Å². The number of ether oxygens (including phenoxy) is 2. The topological polar surface area (TPSA) is 60.5 Å². The van der Waals surface area contributed by atoms with Crippen molar-refractivity contribution >= 4 is 34.9 Å². The number of pyridine rings is 1. The largest absolute Gasteiger partial charge is 0.586 e. The molecule has 1 amide bonds. The first-order valence-electron chi connectivity index (χ1n) is 8.94. The van der Waals surface area contributed by atoms with E-state index in [1.165, 1.54) is 18.3 Å². The van der Waals surface area contributed by atoms with E-state index in [4.69, 9.17) is 23.2 Å². The van der Waals surface area contributed by atoms with E-state index >= 15 is 0 Å². The SMILES string of the molecule is CC.O=C(Nc1ccc(-c2cc3c(cc2Cl)OC(F)(F)O3)cn1)c1ccccc1Cl. The van der Waals surface area contributed by atoms with Crippen molar-refractivity contribution in [2.45, 2.75) is 20.1 Å². The van der Waals surface area contributed by atoms with Gasteiger partial charge in [-0.25, -0.2) is 4.98 Å². The van der Waals surface area contributed by atoms with Crippen LogP contribution in [0.2, 0.25) is 10.0 Å². The summed E-state index contributed by atoms with van der Waals surface area (Å²) in [5.41, 5.74) is 1.29. The molecule has 2 heterocycles. The van der Waals surface area contributed by atoms with Gasteiger partial charge in [0.1, 0.15) is 5.82 Å². The Morgan fingerprint density at radius 3 is 2.30 bits per heavy atom. The van der Waals surface area contributed by atoms with E-state index in [9.17, 15) is 13.6 Å². The molecule has 1 aliphatic heterocycles. The monoisotopic (exact) mass is 452 g/mol. The molecule has 9 heteroatoms. The molecule has 0 fully saturated rings. The summed E-state index contributed by atoms with van der Waals surface area (Å²) in [7, 11) is 0. The molecule has 0 unspecified atom stereocenters. The third-order valence-corrected chi connectivity index (χ3v) is 4.57. The second-order valence-corrected chi connectivity index (χ2v) is 6.63. The van der Waals surface area contributed by atoms with Crippen molar-refractivity contribution in [3.63, 3.8) is 0 Å². The van der Waals surface area contributed by atoms with Gasteiger partial charge >= 0.3 is 6.29 Å². The molecule has 0 saturated heterocycles. The van der Waals surface area contributed by atoms with Crippen LogP contribution in [0.15, 0.2) is 54.7 Å². The second-order valence-electron chi connectivity index (χ2n) is 5.81. The van der Waals surface area contributed by atoms with Gasteiger partial charge in [-0.15, -0.1) is 8.78 Å². The molecule has 3 aromatic rings. The first-order chi connectivity index (χ1) is 14.3. The average Bonchev–Trinajstić information content (AvgIpc) is 3.02. The van der Waals surface area contributed by atoms with Crippen molar-refractivity contribution in [1.29, 1.82) is 0 Å². The molecule has 5 nitrogen and oxygen atoms in total. The maximum Gasteiger partial charge on any atom is 0.586 e. The predicted molar refractivity (Wildman–Crippen MR) is 112 cm³/mol. The molecule has 0 radical (unpaired) electrons. The van der Waals surface area contributed by atoms with Crippen molar-refractivity contribution in [3.05, 3.63) is 70.3 Å². The number of carbonyl (C=O) groups excluding carboxylic acids is 1. The molecule has 1 aliphatic rings. The van der Waals surface area contributed by atoms with E-state index < -0.39 is 12.2 Å². The zero-order chi connectivity index (χ0) is 21.9. The zero-order valence-corrected chi connectivity index (χ0v) is 17.4. The summed E-state index contributed by atoms with van der Waals surface area (Å²) < 4.78 is 35.2. The second kappa shape index (κ2) is 8.85. The van der Waals surface area contributed by atoms with Crippen LogP contribution in [0.3, 0.4) is 0 Å². The number of halogens is 4. The zero-order valence-electron chi connectivity index (χ0n) is 15.9. The maximum atomic E-state index is 13.2. The minimum atomic E-state index is -3.73. The molecule has 1 aromatic heterocycles. The number of hydrogen-bond donors (Lipinski definition) is 1. The van der Waals surface area contributed by atoms with Crippen LogP contribution < -0.4 is 14.8 Å². The lowest BCUT2D eigenvalue weighted by atomic mass is 10.1. The van der Waals surface area contributed by atoms with E-state index in [1.807, 2.05) is 13.8 Å². The molecule has 0 spiro atoms. The maximum absolute atomic E-state index is 13.2. The highest BCUT2D eigenvalue weighted by Gasteiger charge is 2.43. The van der Waals surface area contributed by atoms with Crippen molar-refractivity contribution in [2.24, 2.45) is 0 Å². The van der Waals surface area contributed by atoms with Gasteiger partial charge in [-0.3, -0.25) is 4.79 Å². The van der Waals surface area contributed by atoms with Crippen LogP contribution >= 0.6 is 23.2 Å². The van der Waals surface area contributed by atoms with Crippen molar-refractivity contribution < 1.29 is 23.0 Å². The molecule has 0 bridgehead atoms. The van der Waals surface area contributed by atoms with Crippen LogP contribution in [0.4, 0.5) is 14.6 Å². The van der Waals surface area contributed by atoms with Crippen molar-refractivity contribution in [1.82, 2.24) is 4.98 Å². The summed E-state index contributed by atoms with van der Waals surface area (Å²) in [6.45, 7) is 4.00. The molecule has 1 N–H and O–H groups in total. The van der Waals surface area contributed by atoms with Crippen molar-refractivity contribution in [2.75, 3.05) is 5.32 Å². The number of carbonyl (C=O) groups is 1.